The Hall–Kier alpha value is -5.22. The number of carbonyl (C=O) groups excluding carboxylic acids is 4. The van der Waals surface area contributed by atoms with E-state index in [1.54, 1.807) is 70.4 Å². The van der Waals surface area contributed by atoms with Crippen molar-refractivity contribution in [1.29, 1.82) is 0 Å². The molecular weight excluding hydrogens is 749 g/mol. The van der Waals surface area contributed by atoms with Gasteiger partial charge >= 0.3 is 31.5 Å². The number of imidazole rings is 1. The van der Waals surface area contributed by atoms with Crippen LogP contribution in [0.4, 0.5) is 5.82 Å². The van der Waals surface area contributed by atoms with Gasteiger partial charge in [0.1, 0.15) is 41.9 Å². The Morgan fingerprint density at radius 3 is 1.62 bits per heavy atom. The molecule has 2 aromatic heterocycles. The molecule has 18 heteroatoms. The predicted octanol–water partition coefficient (Wildman–Crippen LogP) is 6.12. The number of ether oxygens (including phenoxy) is 5. The van der Waals surface area contributed by atoms with Crippen molar-refractivity contribution >= 4 is 48.5 Å². The number of benzene rings is 2. The number of aromatic nitrogens is 4. The monoisotopic (exact) mass is 797 g/mol. The number of rotatable bonds is 17. The Morgan fingerprint density at radius 2 is 1.20 bits per heavy atom. The number of methoxy groups -OCH3 is 2. The summed E-state index contributed by atoms with van der Waals surface area (Å²) in [6, 6.07) is 12.2. The molecule has 0 aliphatic rings. The highest BCUT2D eigenvalue weighted by Crippen LogP contribution is 2.56. The minimum absolute atomic E-state index is 0.0307. The first kappa shape index (κ1) is 43.5. The van der Waals surface area contributed by atoms with E-state index in [9.17, 15) is 23.7 Å². The molecule has 0 aliphatic heterocycles. The van der Waals surface area contributed by atoms with Gasteiger partial charge in [0.2, 0.25) is 0 Å². The predicted molar refractivity (Wildman–Crippen MR) is 202 cm³/mol. The smallest absolute Gasteiger partial charge is 0.357 e. The fourth-order valence-corrected chi connectivity index (χ4v) is 6.49. The van der Waals surface area contributed by atoms with E-state index >= 15 is 0 Å². The fraction of sp³-hybridized carbons (Fsp3) is 0.447. The Kier molecular flexibility index (Phi) is 14.5. The molecule has 2 aromatic carbocycles. The van der Waals surface area contributed by atoms with Gasteiger partial charge in [-0.1, -0.05) is 24.3 Å². The van der Waals surface area contributed by atoms with Crippen LogP contribution in [-0.2, 0) is 53.5 Å². The van der Waals surface area contributed by atoms with Crippen LogP contribution in [0.2, 0.25) is 0 Å². The molecule has 0 radical (unpaired) electrons. The number of nitrogen functional groups attached to an aromatic ring is 1. The van der Waals surface area contributed by atoms with Gasteiger partial charge in [-0.2, -0.15) is 0 Å². The maximum absolute atomic E-state index is 14.9. The molecule has 2 atom stereocenters. The lowest BCUT2D eigenvalue weighted by molar-refractivity contribution is -0.143. The number of anilines is 1. The standard InChI is InChI=1S/C38H48N5O12P/c1-37(2,3)35(46)52-26-13-9-24(10-14-26)28(19-30(44)49-7)54-56(48,23-51-18-17-43-22-42-32-33(39)40-21-41-34(32)43)55-29(20-31(45)50-8)25-11-15-27(16-12-25)53-36(47)38(4,5)6/h9-16,21-22,28-29H,17-20,23H2,1-8H3,(H2,39,40,41). The molecule has 302 valence electrons. The van der Waals surface area contributed by atoms with Crippen molar-refractivity contribution < 1.29 is 56.5 Å². The van der Waals surface area contributed by atoms with Crippen LogP contribution in [0.15, 0.2) is 61.2 Å². The molecule has 0 aliphatic carbocycles. The van der Waals surface area contributed by atoms with E-state index in [2.05, 4.69) is 15.0 Å². The lowest BCUT2D eigenvalue weighted by atomic mass is 9.97. The molecule has 2 N–H and O–H groups in total. The SMILES string of the molecule is COC(=O)CC(OP(=O)(COCCn1cnc2c(N)ncnc21)OC(CC(=O)OC)c1ccc(OC(=O)C(C)(C)C)cc1)c1ccc(OC(=O)C(C)(C)C)cc1. The second-order valence-corrected chi connectivity index (χ2v) is 16.6. The molecule has 0 saturated carbocycles. The number of hydrogen-bond donors (Lipinski definition) is 1. The Balaban J connectivity index is 1.66. The van der Waals surface area contributed by atoms with Crippen LogP contribution in [0.25, 0.3) is 11.2 Å². The van der Waals surface area contributed by atoms with Crippen LogP contribution < -0.4 is 15.2 Å². The van der Waals surface area contributed by atoms with Gasteiger partial charge in [0.05, 0.1) is 50.8 Å². The average Bonchev–Trinajstić information content (AvgIpc) is 3.56. The number of fused-ring (bicyclic) bond motifs is 1. The second-order valence-electron chi connectivity index (χ2n) is 14.7. The molecule has 0 bridgehead atoms. The maximum Gasteiger partial charge on any atom is 0.357 e. The minimum atomic E-state index is -4.45. The molecular formula is C38H48N5O12P. The van der Waals surface area contributed by atoms with Crippen LogP contribution in [0.1, 0.15) is 77.7 Å². The van der Waals surface area contributed by atoms with Crippen molar-refractivity contribution in [2.45, 2.75) is 73.1 Å². The van der Waals surface area contributed by atoms with Crippen LogP contribution in [0, 0.1) is 10.8 Å². The van der Waals surface area contributed by atoms with Gasteiger partial charge in [-0.05, 0) is 76.9 Å². The van der Waals surface area contributed by atoms with E-state index in [4.69, 9.17) is 38.5 Å². The molecule has 2 heterocycles. The Morgan fingerprint density at radius 1 is 0.732 bits per heavy atom. The summed E-state index contributed by atoms with van der Waals surface area (Å²) in [5.41, 5.74) is 5.99. The lowest BCUT2D eigenvalue weighted by Crippen LogP contribution is -2.25. The fourth-order valence-electron chi connectivity index (χ4n) is 4.80. The van der Waals surface area contributed by atoms with Crippen LogP contribution in [0.5, 0.6) is 11.5 Å². The van der Waals surface area contributed by atoms with Crippen molar-refractivity contribution in [1.82, 2.24) is 19.5 Å². The van der Waals surface area contributed by atoms with Gasteiger partial charge in [-0.3, -0.25) is 32.8 Å². The highest BCUT2D eigenvalue weighted by atomic mass is 31.2. The van der Waals surface area contributed by atoms with Crippen molar-refractivity contribution in [3.63, 3.8) is 0 Å². The Bertz CT molecular complexity index is 1940. The first-order valence-corrected chi connectivity index (χ1v) is 19.3. The minimum Gasteiger partial charge on any atom is -0.469 e. The summed E-state index contributed by atoms with van der Waals surface area (Å²) in [7, 11) is -2.06. The maximum atomic E-state index is 14.9. The number of nitrogens with two attached hydrogens (primary N) is 1. The van der Waals surface area contributed by atoms with Crippen LogP contribution in [-0.4, -0.2) is 70.6 Å². The van der Waals surface area contributed by atoms with E-state index in [1.807, 2.05) is 0 Å². The third-order valence-corrected chi connectivity index (χ3v) is 9.69. The van der Waals surface area contributed by atoms with Crippen molar-refractivity contribution in [3.05, 3.63) is 72.3 Å². The summed E-state index contributed by atoms with van der Waals surface area (Å²) in [6.07, 6.45) is -1.06. The van der Waals surface area contributed by atoms with Gasteiger partial charge in [-0.15, -0.1) is 0 Å². The zero-order valence-corrected chi connectivity index (χ0v) is 33.6. The molecule has 0 spiro atoms. The highest BCUT2D eigenvalue weighted by molar-refractivity contribution is 7.53. The lowest BCUT2D eigenvalue weighted by Gasteiger charge is -2.28. The summed E-state index contributed by atoms with van der Waals surface area (Å²) in [6.45, 7) is 10.5. The second kappa shape index (κ2) is 18.6. The van der Waals surface area contributed by atoms with Crippen molar-refractivity contribution in [2.24, 2.45) is 10.8 Å². The van der Waals surface area contributed by atoms with Gasteiger partial charge in [0.15, 0.2) is 11.5 Å². The molecule has 4 aromatic rings. The molecule has 2 unspecified atom stereocenters. The third-order valence-electron chi connectivity index (χ3n) is 8.04. The molecule has 0 saturated heterocycles. The average molecular weight is 798 g/mol. The summed E-state index contributed by atoms with van der Waals surface area (Å²) in [5, 5.41) is 0. The summed E-state index contributed by atoms with van der Waals surface area (Å²) >= 11 is 0. The van der Waals surface area contributed by atoms with Crippen molar-refractivity contribution in [2.75, 3.05) is 32.9 Å². The van der Waals surface area contributed by atoms with E-state index in [0.29, 0.717) is 22.3 Å². The van der Waals surface area contributed by atoms with Crippen LogP contribution in [0.3, 0.4) is 0 Å². The quantitative estimate of drug-likeness (QED) is 0.0550. The first-order valence-electron chi connectivity index (χ1n) is 17.5. The third kappa shape index (κ3) is 12.1. The van der Waals surface area contributed by atoms with Crippen molar-refractivity contribution in [3.8, 4) is 11.5 Å². The number of nitrogens with zero attached hydrogens (tertiary/aromatic N) is 4. The van der Waals surface area contributed by atoms with E-state index < -0.39 is 73.7 Å². The van der Waals surface area contributed by atoms with E-state index in [-0.39, 0.29) is 30.5 Å². The number of hydrogen-bond acceptors (Lipinski definition) is 16. The molecule has 0 amide bonds. The molecule has 4 rings (SSSR count). The summed E-state index contributed by atoms with van der Waals surface area (Å²) in [5.74, 6) is -1.62. The summed E-state index contributed by atoms with van der Waals surface area (Å²) < 4.78 is 55.7. The normalized spacial score (nSPS) is 14.0. The topological polar surface area (TPSA) is 220 Å². The van der Waals surface area contributed by atoms with Gasteiger partial charge in [0.25, 0.3) is 0 Å². The van der Waals surface area contributed by atoms with Crippen LogP contribution >= 0.6 is 7.60 Å². The Labute approximate surface area is 324 Å². The van der Waals surface area contributed by atoms with E-state index in [1.165, 1.54) is 51.1 Å². The number of esters is 4. The zero-order chi connectivity index (χ0) is 41.3. The summed E-state index contributed by atoms with van der Waals surface area (Å²) in [4.78, 5) is 62.7. The van der Waals surface area contributed by atoms with Gasteiger partial charge in [-0.25, -0.2) is 15.0 Å². The zero-order valence-electron chi connectivity index (χ0n) is 32.7. The molecule has 0 fully saturated rings. The highest BCUT2D eigenvalue weighted by Gasteiger charge is 2.36. The van der Waals surface area contributed by atoms with E-state index in [0.717, 1.165) is 0 Å². The van der Waals surface area contributed by atoms with Gasteiger partial charge in [0, 0.05) is 6.54 Å². The molecule has 17 nitrogen and oxygen atoms in total. The molecule has 56 heavy (non-hydrogen) atoms. The first-order chi connectivity index (χ1) is 26.3. The van der Waals surface area contributed by atoms with Gasteiger partial charge < -0.3 is 34.0 Å². The largest absolute Gasteiger partial charge is 0.469 e. The number of carbonyl (C=O) groups is 4.